The van der Waals surface area contributed by atoms with Gasteiger partial charge in [-0.25, -0.2) is 8.78 Å². The van der Waals surface area contributed by atoms with Crippen molar-refractivity contribution in [3.8, 4) is 5.75 Å². The molecule has 0 unspecified atom stereocenters. The zero-order valence-corrected chi connectivity index (χ0v) is 22.7. The minimum atomic E-state index is -0.954. The SMILES string of the molecule is COc1ccc2ncc(Cl)c([C@H](O)CCC3(C(=O)O)CCN(CCCSc4c(F)cccc4F)CC3)c2c1. The number of rotatable bonds is 11. The smallest absolute Gasteiger partial charge is 0.309 e. The molecule has 1 aliphatic rings. The maximum absolute atomic E-state index is 13.8. The molecule has 10 heteroatoms. The topological polar surface area (TPSA) is 82.9 Å². The van der Waals surface area contributed by atoms with Gasteiger partial charge in [0.1, 0.15) is 17.4 Å². The molecule has 1 aromatic heterocycles. The van der Waals surface area contributed by atoms with E-state index in [1.165, 1.54) is 24.4 Å². The van der Waals surface area contributed by atoms with E-state index in [4.69, 9.17) is 16.3 Å². The molecule has 2 N–H and O–H groups in total. The minimum Gasteiger partial charge on any atom is -0.497 e. The Labute approximate surface area is 230 Å². The molecule has 1 saturated heterocycles. The number of fused-ring (bicyclic) bond motifs is 1. The van der Waals surface area contributed by atoms with E-state index in [1.807, 2.05) is 0 Å². The summed E-state index contributed by atoms with van der Waals surface area (Å²) < 4.78 is 32.9. The van der Waals surface area contributed by atoms with Crippen molar-refractivity contribution in [1.82, 2.24) is 9.88 Å². The highest BCUT2D eigenvalue weighted by Crippen LogP contribution is 2.41. The predicted molar refractivity (Wildman–Crippen MR) is 145 cm³/mol. The number of benzene rings is 2. The standard InChI is InChI=1S/C28H31ClF2N2O4S/c1-37-18-6-7-23-19(16-18)25(20(29)17-32-23)24(34)8-9-28(27(35)36)10-13-33(14-11-28)12-3-15-38-26-21(30)4-2-5-22(26)31/h2,4-7,16-17,24,34H,3,8-15H2,1H3,(H,35,36)/t24-/m1/s1. The second-order valence-corrected chi connectivity index (χ2v) is 11.1. The van der Waals surface area contributed by atoms with Gasteiger partial charge in [-0.05, 0) is 87.8 Å². The number of ether oxygens (including phenoxy) is 1. The van der Waals surface area contributed by atoms with Crippen molar-refractivity contribution in [2.75, 3.05) is 32.5 Å². The maximum Gasteiger partial charge on any atom is 0.309 e. The van der Waals surface area contributed by atoms with Crippen LogP contribution in [0.1, 0.15) is 43.8 Å². The zero-order valence-electron chi connectivity index (χ0n) is 21.1. The Morgan fingerprint density at radius 2 is 1.95 bits per heavy atom. The molecule has 0 radical (unpaired) electrons. The third kappa shape index (κ3) is 6.39. The quantitative estimate of drug-likeness (QED) is 0.208. The van der Waals surface area contributed by atoms with Crippen molar-refractivity contribution in [2.24, 2.45) is 5.41 Å². The molecular formula is C28H31ClF2N2O4S. The van der Waals surface area contributed by atoms with Crippen LogP contribution in [0.2, 0.25) is 5.02 Å². The molecule has 0 spiro atoms. The Hall–Kier alpha value is -2.46. The number of methoxy groups -OCH3 is 1. The van der Waals surface area contributed by atoms with Crippen molar-refractivity contribution in [1.29, 1.82) is 0 Å². The van der Waals surface area contributed by atoms with Gasteiger partial charge in [0.2, 0.25) is 0 Å². The maximum atomic E-state index is 13.8. The normalized spacial score (nSPS) is 16.4. The lowest BCUT2D eigenvalue weighted by Crippen LogP contribution is -2.44. The summed E-state index contributed by atoms with van der Waals surface area (Å²) in [5, 5.41) is 22.2. The summed E-state index contributed by atoms with van der Waals surface area (Å²) in [6.45, 7) is 1.94. The minimum absolute atomic E-state index is 0.0371. The van der Waals surface area contributed by atoms with Gasteiger partial charge in [-0.1, -0.05) is 17.7 Å². The van der Waals surface area contributed by atoms with E-state index >= 15 is 0 Å². The van der Waals surface area contributed by atoms with Crippen molar-refractivity contribution in [2.45, 2.75) is 43.1 Å². The molecule has 1 fully saturated rings. The number of aliphatic hydroxyl groups excluding tert-OH is 1. The Kier molecular flexibility index (Phi) is 9.46. The monoisotopic (exact) mass is 564 g/mol. The highest BCUT2D eigenvalue weighted by Gasteiger charge is 2.41. The Balaban J connectivity index is 1.33. The molecule has 6 nitrogen and oxygen atoms in total. The van der Waals surface area contributed by atoms with Crippen LogP contribution in [0.4, 0.5) is 8.78 Å². The molecule has 2 aromatic carbocycles. The highest BCUT2D eigenvalue weighted by atomic mass is 35.5. The van der Waals surface area contributed by atoms with E-state index in [0.717, 1.165) is 24.7 Å². The van der Waals surface area contributed by atoms with E-state index < -0.39 is 29.1 Å². The Morgan fingerprint density at radius 3 is 2.61 bits per heavy atom. The fraction of sp³-hybridized carbons (Fsp3) is 0.429. The van der Waals surface area contributed by atoms with Crippen LogP contribution in [0.3, 0.4) is 0 Å². The molecule has 38 heavy (non-hydrogen) atoms. The number of hydrogen-bond acceptors (Lipinski definition) is 6. The van der Waals surface area contributed by atoms with E-state index in [9.17, 15) is 23.8 Å². The van der Waals surface area contributed by atoms with Gasteiger partial charge in [0.15, 0.2) is 0 Å². The number of likely N-dealkylation sites (tertiary alicyclic amines) is 1. The van der Waals surface area contributed by atoms with E-state index in [-0.39, 0.29) is 11.3 Å². The first-order chi connectivity index (χ1) is 18.2. The van der Waals surface area contributed by atoms with E-state index in [1.54, 1.807) is 25.3 Å². The summed E-state index contributed by atoms with van der Waals surface area (Å²) in [6, 6.07) is 9.20. The number of pyridine rings is 1. The largest absolute Gasteiger partial charge is 0.497 e. The van der Waals surface area contributed by atoms with Gasteiger partial charge in [-0.3, -0.25) is 9.78 Å². The van der Waals surface area contributed by atoms with Gasteiger partial charge in [0, 0.05) is 17.1 Å². The van der Waals surface area contributed by atoms with Crippen LogP contribution in [0.25, 0.3) is 10.9 Å². The molecule has 2 heterocycles. The van der Waals surface area contributed by atoms with Crippen LogP contribution < -0.4 is 4.74 Å². The zero-order chi connectivity index (χ0) is 27.3. The number of piperidine rings is 1. The lowest BCUT2D eigenvalue weighted by molar-refractivity contribution is -0.153. The first-order valence-electron chi connectivity index (χ1n) is 12.6. The average Bonchev–Trinajstić information content (AvgIpc) is 2.91. The van der Waals surface area contributed by atoms with Gasteiger partial charge in [-0.2, -0.15) is 0 Å². The number of hydrogen-bond donors (Lipinski definition) is 2. The average molecular weight is 565 g/mol. The van der Waals surface area contributed by atoms with Crippen molar-refractivity contribution in [3.63, 3.8) is 0 Å². The van der Waals surface area contributed by atoms with E-state index in [2.05, 4.69) is 9.88 Å². The highest BCUT2D eigenvalue weighted by molar-refractivity contribution is 7.99. The van der Waals surface area contributed by atoms with Crippen LogP contribution in [0.5, 0.6) is 5.75 Å². The van der Waals surface area contributed by atoms with Crippen LogP contribution in [0, 0.1) is 17.0 Å². The summed E-state index contributed by atoms with van der Waals surface area (Å²) in [6.07, 6.45) is 2.75. The lowest BCUT2D eigenvalue weighted by Gasteiger charge is -2.39. The summed E-state index contributed by atoms with van der Waals surface area (Å²) in [7, 11) is 1.56. The third-order valence-corrected chi connectivity index (χ3v) is 8.82. The summed E-state index contributed by atoms with van der Waals surface area (Å²) >= 11 is 7.58. The number of carboxylic acid groups (broad SMARTS) is 1. The number of carbonyl (C=O) groups is 1. The molecular weight excluding hydrogens is 534 g/mol. The number of nitrogens with zero attached hydrogens (tertiary/aromatic N) is 2. The molecule has 0 bridgehead atoms. The molecule has 0 aliphatic carbocycles. The summed E-state index contributed by atoms with van der Waals surface area (Å²) in [5.74, 6) is -0.789. The molecule has 0 saturated carbocycles. The summed E-state index contributed by atoms with van der Waals surface area (Å²) in [4.78, 5) is 18.9. The van der Waals surface area contributed by atoms with Crippen molar-refractivity contribution < 1.29 is 28.5 Å². The lowest BCUT2D eigenvalue weighted by atomic mass is 9.74. The molecule has 3 aromatic rings. The third-order valence-electron chi connectivity index (χ3n) is 7.35. The molecule has 0 amide bonds. The first-order valence-corrected chi connectivity index (χ1v) is 13.9. The van der Waals surface area contributed by atoms with Crippen molar-refractivity contribution in [3.05, 3.63) is 64.8 Å². The Morgan fingerprint density at radius 1 is 1.24 bits per heavy atom. The number of thioether (sulfide) groups is 1. The second kappa shape index (κ2) is 12.6. The number of halogens is 3. The second-order valence-electron chi connectivity index (χ2n) is 9.64. The molecule has 1 atom stereocenters. The fourth-order valence-electron chi connectivity index (χ4n) is 5.05. The number of carboxylic acids is 1. The van der Waals surface area contributed by atoms with Gasteiger partial charge < -0.3 is 19.8 Å². The van der Waals surface area contributed by atoms with Crippen LogP contribution in [0.15, 0.2) is 47.5 Å². The molecule has 204 valence electrons. The van der Waals surface area contributed by atoms with Crippen LogP contribution >= 0.6 is 23.4 Å². The van der Waals surface area contributed by atoms with Crippen molar-refractivity contribution >= 4 is 40.2 Å². The number of aliphatic carboxylic acids is 1. The fourth-order valence-corrected chi connectivity index (χ4v) is 6.22. The molecule has 1 aliphatic heterocycles. The van der Waals surface area contributed by atoms with Crippen LogP contribution in [-0.4, -0.2) is 58.6 Å². The number of aromatic nitrogens is 1. The predicted octanol–water partition coefficient (Wildman–Crippen LogP) is 6.34. The van der Waals surface area contributed by atoms with Gasteiger partial charge in [0.05, 0.1) is 34.1 Å². The van der Waals surface area contributed by atoms with Gasteiger partial charge in [0.25, 0.3) is 0 Å². The number of aliphatic hydroxyl groups is 1. The van der Waals surface area contributed by atoms with Gasteiger partial charge in [-0.15, -0.1) is 11.8 Å². The molecule has 4 rings (SSSR count). The van der Waals surface area contributed by atoms with Gasteiger partial charge >= 0.3 is 5.97 Å². The van der Waals surface area contributed by atoms with E-state index in [0.29, 0.717) is 65.3 Å². The summed E-state index contributed by atoms with van der Waals surface area (Å²) in [5.41, 5.74) is 0.258. The van der Waals surface area contributed by atoms with Crippen LogP contribution in [-0.2, 0) is 4.79 Å². The first kappa shape index (κ1) is 28.5. The Bertz CT molecular complexity index is 1270.